The van der Waals surface area contributed by atoms with Crippen LogP contribution in [0, 0.1) is 5.82 Å². The molecule has 2 rings (SSSR count). The van der Waals surface area contributed by atoms with Crippen molar-refractivity contribution in [2.75, 3.05) is 19.7 Å². The Balaban J connectivity index is 2.16. The lowest BCUT2D eigenvalue weighted by Gasteiger charge is -2.22. The molecule has 80 valence electrons. The number of hydrogen-bond donors (Lipinski definition) is 1. The fraction of sp³-hybridized carbons (Fsp3) is 0.400. The summed E-state index contributed by atoms with van der Waals surface area (Å²) in [6, 6.07) is 1.37. The van der Waals surface area contributed by atoms with Crippen molar-refractivity contribution in [1.82, 2.24) is 10.3 Å². The molecule has 0 spiro atoms. The number of Topliss-reactive ketones (excluding diaryl/α,β-unsaturated/α-hetero) is 1. The molecule has 0 amide bonds. The van der Waals surface area contributed by atoms with Gasteiger partial charge in [0, 0.05) is 19.3 Å². The molecule has 0 bridgehead atoms. The second-order valence-electron chi connectivity index (χ2n) is 3.28. The quantitative estimate of drug-likeness (QED) is 0.717. The molecule has 1 aromatic rings. The third-order valence-corrected chi connectivity index (χ3v) is 2.26. The summed E-state index contributed by atoms with van der Waals surface area (Å²) in [5.41, 5.74) is 0.0405. The van der Waals surface area contributed by atoms with Crippen LogP contribution < -0.4 is 5.32 Å². The highest BCUT2D eigenvalue weighted by Gasteiger charge is 2.25. The standard InChI is InChI=1S/C10H11FN2O2/c11-8-5-12-2-1-7(8)10(14)9-6-13-3-4-15-9/h1-2,5,9,13H,3-4,6H2. The lowest BCUT2D eigenvalue weighted by molar-refractivity contribution is 0.0266. The molecule has 4 nitrogen and oxygen atoms in total. The van der Waals surface area contributed by atoms with Gasteiger partial charge in [0.2, 0.25) is 0 Å². The summed E-state index contributed by atoms with van der Waals surface area (Å²) in [5.74, 6) is -0.932. The van der Waals surface area contributed by atoms with Crippen molar-refractivity contribution in [3.63, 3.8) is 0 Å². The largest absolute Gasteiger partial charge is 0.367 e. The molecule has 0 radical (unpaired) electrons. The number of aromatic nitrogens is 1. The smallest absolute Gasteiger partial charge is 0.195 e. The van der Waals surface area contributed by atoms with Crippen LogP contribution in [0.4, 0.5) is 4.39 Å². The number of hydrogen-bond acceptors (Lipinski definition) is 4. The van der Waals surface area contributed by atoms with Crippen molar-refractivity contribution in [2.45, 2.75) is 6.10 Å². The third-order valence-electron chi connectivity index (χ3n) is 2.26. The monoisotopic (exact) mass is 210 g/mol. The highest BCUT2D eigenvalue weighted by Crippen LogP contribution is 2.10. The second-order valence-corrected chi connectivity index (χ2v) is 3.28. The molecule has 1 aromatic heterocycles. The van der Waals surface area contributed by atoms with Gasteiger partial charge in [0.05, 0.1) is 18.4 Å². The van der Waals surface area contributed by atoms with Crippen LogP contribution in [0.15, 0.2) is 18.5 Å². The lowest BCUT2D eigenvalue weighted by atomic mass is 10.1. The molecule has 1 aliphatic heterocycles. The minimum atomic E-state index is -0.600. The zero-order chi connectivity index (χ0) is 10.7. The van der Waals surface area contributed by atoms with Crippen molar-refractivity contribution >= 4 is 5.78 Å². The van der Waals surface area contributed by atoms with Crippen LogP contribution in [0.2, 0.25) is 0 Å². The average Bonchev–Trinajstić information content (AvgIpc) is 2.30. The molecule has 0 aliphatic carbocycles. The normalized spacial score (nSPS) is 21.3. The molecule has 1 aliphatic rings. The summed E-state index contributed by atoms with van der Waals surface area (Å²) >= 11 is 0. The van der Waals surface area contributed by atoms with E-state index < -0.39 is 11.9 Å². The van der Waals surface area contributed by atoms with Crippen LogP contribution in [0.25, 0.3) is 0 Å². The predicted molar refractivity (Wildman–Crippen MR) is 51.1 cm³/mol. The number of ketones is 1. The van der Waals surface area contributed by atoms with E-state index in [1.807, 2.05) is 0 Å². The Morgan fingerprint density at radius 1 is 1.67 bits per heavy atom. The maximum absolute atomic E-state index is 13.2. The highest BCUT2D eigenvalue weighted by atomic mass is 19.1. The Morgan fingerprint density at radius 2 is 2.53 bits per heavy atom. The molecule has 1 unspecified atom stereocenters. The first-order valence-corrected chi connectivity index (χ1v) is 4.75. The van der Waals surface area contributed by atoms with Crippen molar-refractivity contribution in [1.29, 1.82) is 0 Å². The van der Waals surface area contributed by atoms with E-state index in [1.165, 1.54) is 12.3 Å². The summed E-state index contributed by atoms with van der Waals surface area (Å²) < 4.78 is 18.5. The zero-order valence-corrected chi connectivity index (χ0v) is 8.07. The number of carbonyl (C=O) groups is 1. The Hall–Kier alpha value is -1.33. The average molecular weight is 210 g/mol. The molecule has 1 atom stereocenters. The van der Waals surface area contributed by atoms with Crippen LogP contribution in [-0.2, 0) is 4.74 Å². The van der Waals surface area contributed by atoms with E-state index in [-0.39, 0.29) is 11.3 Å². The molecule has 1 N–H and O–H groups in total. The van der Waals surface area contributed by atoms with Crippen molar-refractivity contribution < 1.29 is 13.9 Å². The van der Waals surface area contributed by atoms with Gasteiger partial charge in [-0.15, -0.1) is 0 Å². The summed E-state index contributed by atoms with van der Waals surface area (Å²) in [5, 5.41) is 3.02. The van der Waals surface area contributed by atoms with Crippen molar-refractivity contribution in [3.05, 3.63) is 29.8 Å². The fourth-order valence-electron chi connectivity index (χ4n) is 1.48. The van der Waals surface area contributed by atoms with Gasteiger partial charge < -0.3 is 10.1 Å². The first-order chi connectivity index (χ1) is 7.29. The van der Waals surface area contributed by atoms with Crippen LogP contribution in [0.3, 0.4) is 0 Å². The van der Waals surface area contributed by atoms with Gasteiger partial charge in [-0.3, -0.25) is 9.78 Å². The first kappa shape index (κ1) is 10.2. The Kier molecular flexibility index (Phi) is 3.03. The molecular formula is C10H11FN2O2. The molecule has 2 heterocycles. The van der Waals surface area contributed by atoms with Gasteiger partial charge in [0.1, 0.15) is 6.10 Å². The molecule has 5 heteroatoms. The third kappa shape index (κ3) is 2.19. The molecule has 1 fully saturated rings. The summed E-state index contributed by atoms with van der Waals surface area (Å²) in [4.78, 5) is 15.4. The topological polar surface area (TPSA) is 51.2 Å². The van der Waals surface area contributed by atoms with Crippen LogP contribution in [0.1, 0.15) is 10.4 Å². The number of morpholine rings is 1. The number of rotatable bonds is 2. The lowest BCUT2D eigenvalue weighted by Crippen LogP contribution is -2.43. The van der Waals surface area contributed by atoms with Gasteiger partial charge in [-0.05, 0) is 6.07 Å². The number of nitrogens with one attached hydrogen (secondary N) is 1. The fourth-order valence-corrected chi connectivity index (χ4v) is 1.48. The highest BCUT2D eigenvalue weighted by molar-refractivity contribution is 5.99. The van der Waals surface area contributed by atoms with E-state index in [1.54, 1.807) is 0 Å². The van der Waals surface area contributed by atoms with Crippen LogP contribution in [0.5, 0.6) is 0 Å². The minimum absolute atomic E-state index is 0.0405. The van der Waals surface area contributed by atoms with Crippen molar-refractivity contribution in [3.8, 4) is 0 Å². The summed E-state index contributed by atoms with van der Waals surface area (Å²) in [7, 11) is 0. The molecule has 1 saturated heterocycles. The Bertz CT molecular complexity index is 364. The van der Waals surface area contributed by atoms with Crippen LogP contribution >= 0.6 is 0 Å². The van der Waals surface area contributed by atoms with Gasteiger partial charge in [0.15, 0.2) is 11.6 Å². The number of ether oxygens (including phenoxy) is 1. The van der Waals surface area contributed by atoms with Crippen molar-refractivity contribution in [2.24, 2.45) is 0 Å². The van der Waals surface area contributed by atoms with Gasteiger partial charge in [-0.25, -0.2) is 4.39 Å². The van der Waals surface area contributed by atoms with E-state index in [9.17, 15) is 9.18 Å². The number of halogens is 1. The van der Waals surface area contributed by atoms with E-state index in [0.717, 1.165) is 12.7 Å². The SMILES string of the molecule is O=C(c1ccncc1F)C1CNCCO1. The van der Waals surface area contributed by atoms with E-state index in [2.05, 4.69) is 10.3 Å². The van der Waals surface area contributed by atoms with Gasteiger partial charge in [-0.2, -0.15) is 0 Å². The van der Waals surface area contributed by atoms with Gasteiger partial charge in [-0.1, -0.05) is 0 Å². The Morgan fingerprint density at radius 3 is 3.20 bits per heavy atom. The molecular weight excluding hydrogens is 199 g/mol. The maximum Gasteiger partial charge on any atom is 0.195 e. The van der Waals surface area contributed by atoms with E-state index in [4.69, 9.17) is 4.74 Å². The Labute approximate surface area is 86.5 Å². The number of pyridine rings is 1. The minimum Gasteiger partial charge on any atom is -0.367 e. The maximum atomic E-state index is 13.2. The van der Waals surface area contributed by atoms with Gasteiger partial charge >= 0.3 is 0 Å². The first-order valence-electron chi connectivity index (χ1n) is 4.75. The van der Waals surface area contributed by atoms with E-state index in [0.29, 0.717) is 13.2 Å². The molecule has 0 aromatic carbocycles. The number of carbonyl (C=O) groups excluding carboxylic acids is 1. The van der Waals surface area contributed by atoms with Gasteiger partial charge in [0.25, 0.3) is 0 Å². The second kappa shape index (κ2) is 4.46. The summed E-state index contributed by atoms with van der Waals surface area (Å²) in [6.45, 7) is 1.63. The summed E-state index contributed by atoms with van der Waals surface area (Å²) in [6.07, 6.45) is 1.84. The number of nitrogens with zero attached hydrogens (tertiary/aromatic N) is 1. The molecule has 0 saturated carbocycles. The van der Waals surface area contributed by atoms with Crippen LogP contribution in [-0.4, -0.2) is 36.6 Å². The predicted octanol–water partition coefficient (Wildman–Crippen LogP) is 0.392. The molecule has 15 heavy (non-hydrogen) atoms. The zero-order valence-electron chi connectivity index (χ0n) is 8.07. The van der Waals surface area contributed by atoms with E-state index >= 15 is 0 Å².